The number of carbonyl (C=O) groups is 1. The van der Waals surface area contributed by atoms with E-state index in [2.05, 4.69) is 20.5 Å². The molecule has 5 aromatic rings. The van der Waals surface area contributed by atoms with Crippen molar-refractivity contribution in [2.24, 2.45) is 0 Å². The highest BCUT2D eigenvalue weighted by Gasteiger charge is 2.16. The van der Waals surface area contributed by atoms with Gasteiger partial charge in [-0.3, -0.25) is 4.79 Å². The summed E-state index contributed by atoms with van der Waals surface area (Å²) in [4.78, 5) is 17.2. The van der Waals surface area contributed by atoms with Crippen molar-refractivity contribution in [1.29, 1.82) is 0 Å². The molecule has 0 aliphatic heterocycles. The summed E-state index contributed by atoms with van der Waals surface area (Å²) < 4.78 is 3.47. The Morgan fingerprint density at radius 1 is 0.900 bits per heavy atom. The number of nitrogens with zero attached hydrogens (tertiary/aromatic N) is 5. The highest BCUT2D eigenvalue weighted by Crippen LogP contribution is 2.20. The Balaban J connectivity index is 1.35. The lowest BCUT2D eigenvalue weighted by Gasteiger charge is -2.05. The summed E-state index contributed by atoms with van der Waals surface area (Å²) in [5.41, 5.74) is 4.71. The average molecular weight is 394 g/mol. The van der Waals surface area contributed by atoms with Gasteiger partial charge in [-0.25, -0.2) is 14.2 Å². The van der Waals surface area contributed by atoms with E-state index >= 15 is 0 Å². The van der Waals surface area contributed by atoms with Crippen molar-refractivity contribution in [2.75, 3.05) is 0 Å². The molecule has 3 heterocycles. The fourth-order valence-corrected chi connectivity index (χ4v) is 3.33. The van der Waals surface area contributed by atoms with Crippen molar-refractivity contribution in [2.45, 2.75) is 6.54 Å². The summed E-state index contributed by atoms with van der Waals surface area (Å²) in [6.07, 6.45) is 6.89. The number of fused-ring (bicyclic) bond motifs is 1. The fourth-order valence-electron chi connectivity index (χ4n) is 3.33. The lowest BCUT2D eigenvalue weighted by atomic mass is 10.1. The normalized spacial score (nSPS) is 10.9. The molecule has 3 aromatic heterocycles. The number of nitrogens with one attached hydrogen (secondary N) is 1. The number of carbonyl (C=O) groups excluding carboxylic acids is 1. The monoisotopic (exact) mass is 394 g/mol. The van der Waals surface area contributed by atoms with Crippen LogP contribution >= 0.6 is 0 Å². The number of para-hydroxylation sites is 1. The number of benzene rings is 2. The van der Waals surface area contributed by atoms with E-state index in [1.54, 1.807) is 27.8 Å². The minimum Gasteiger partial charge on any atom is -0.348 e. The van der Waals surface area contributed by atoms with Crippen molar-refractivity contribution in [3.05, 3.63) is 103 Å². The number of rotatable bonds is 5. The van der Waals surface area contributed by atoms with E-state index in [0.717, 1.165) is 22.5 Å². The Hall–Kier alpha value is -4.26. The predicted molar refractivity (Wildman–Crippen MR) is 113 cm³/mol. The lowest BCUT2D eigenvalue weighted by Crippen LogP contribution is -2.22. The predicted octanol–water partition coefficient (Wildman–Crippen LogP) is 3.51. The van der Waals surface area contributed by atoms with Crippen LogP contribution < -0.4 is 5.32 Å². The molecule has 0 aliphatic rings. The van der Waals surface area contributed by atoms with Gasteiger partial charge in [0.15, 0.2) is 5.65 Å². The van der Waals surface area contributed by atoms with Crippen LogP contribution in [0.5, 0.6) is 0 Å². The summed E-state index contributed by atoms with van der Waals surface area (Å²) in [6, 6.07) is 21.6. The first kappa shape index (κ1) is 17.8. The van der Waals surface area contributed by atoms with Crippen LogP contribution in [0.1, 0.15) is 15.9 Å². The Bertz CT molecular complexity index is 1310. The third-order valence-electron chi connectivity index (χ3n) is 4.83. The molecule has 0 spiro atoms. The van der Waals surface area contributed by atoms with Crippen molar-refractivity contribution in [3.8, 4) is 16.9 Å². The molecule has 0 unspecified atom stereocenters. The van der Waals surface area contributed by atoms with Gasteiger partial charge in [-0.15, -0.1) is 0 Å². The molecule has 146 valence electrons. The molecular formula is C23H18N6O. The third-order valence-corrected chi connectivity index (χ3v) is 4.83. The topological polar surface area (TPSA) is 77.1 Å². The van der Waals surface area contributed by atoms with Gasteiger partial charge in [0.25, 0.3) is 5.91 Å². The number of aromatic nitrogens is 5. The lowest BCUT2D eigenvalue weighted by molar-refractivity contribution is 0.0952. The zero-order chi connectivity index (χ0) is 20.3. The average Bonchev–Trinajstić information content (AvgIpc) is 3.46. The number of amides is 1. The van der Waals surface area contributed by atoms with Crippen LogP contribution in [-0.2, 0) is 6.54 Å². The third kappa shape index (κ3) is 3.33. The zero-order valence-electron chi connectivity index (χ0n) is 16.0. The van der Waals surface area contributed by atoms with Crippen molar-refractivity contribution >= 4 is 11.6 Å². The van der Waals surface area contributed by atoms with Crippen LogP contribution in [0.2, 0.25) is 0 Å². The van der Waals surface area contributed by atoms with Crippen LogP contribution in [0.25, 0.3) is 22.6 Å². The van der Waals surface area contributed by atoms with E-state index < -0.39 is 0 Å². The van der Waals surface area contributed by atoms with E-state index in [1.165, 1.54) is 0 Å². The summed E-state index contributed by atoms with van der Waals surface area (Å²) >= 11 is 0. The highest BCUT2D eigenvalue weighted by molar-refractivity contribution is 5.99. The van der Waals surface area contributed by atoms with Gasteiger partial charge in [0.1, 0.15) is 5.56 Å². The van der Waals surface area contributed by atoms with E-state index in [9.17, 15) is 4.79 Å². The summed E-state index contributed by atoms with van der Waals surface area (Å²) in [5.74, 6) is -0.227. The van der Waals surface area contributed by atoms with Crippen LogP contribution in [0.3, 0.4) is 0 Å². The molecule has 7 heteroatoms. The second-order valence-electron chi connectivity index (χ2n) is 6.80. The molecule has 5 rings (SSSR count). The van der Waals surface area contributed by atoms with Crippen LogP contribution in [0, 0.1) is 0 Å². The summed E-state index contributed by atoms with van der Waals surface area (Å²) in [7, 11) is 0. The van der Waals surface area contributed by atoms with Crippen molar-refractivity contribution < 1.29 is 4.79 Å². The summed E-state index contributed by atoms with van der Waals surface area (Å²) in [5, 5.41) is 11.7. The first-order chi connectivity index (χ1) is 14.8. The SMILES string of the molecule is O=C(NCc1cnn(-c2ccccc2)c1)c1cnn2c(-c3ccccc3)ccnc12. The molecule has 0 saturated heterocycles. The van der Waals surface area contributed by atoms with E-state index in [-0.39, 0.29) is 5.91 Å². The van der Waals surface area contributed by atoms with Gasteiger partial charge >= 0.3 is 0 Å². The molecule has 0 saturated carbocycles. The molecule has 30 heavy (non-hydrogen) atoms. The van der Waals surface area contributed by atoms with E-state index in [1.807, 2.05) is 72.9 Å². The first-order valence-electron chi connectivity index (χ1n) is 9.55. The molecule has 0 radical (unpaired) electrons. The largest absolute Gasteiger partial charge is 0.348 e. The molecule has 2 aromatic carbocycles. The molecule has 0 aliphatic carbocycles. The molecule has 0 fully saturated rings. The van der Waals surface area contributed by atoms with Gasteiger partial charge in [0.2, 0.25) is 0 Å². The maximum Gasteiger partial charge on any atom is 0.257 e. The Kier molecular flexibility index (Phi) is 4.53. The maximum absolute atomic E-state index is 12.8. The molecule has 7 nitrogen and oxygen atoms in total. The smallest absolute Gasteiger partial charge is 0.257 e. The van der Waals surface area contributed by atoms with Gasteiger partial charge in [-0.05, 0) is 18.2 Å². The fraction of sp³-hybridized carbons (Fsp3) is 0.0435. The van der Waals surface area contributed by atoms with E-state index in [0.29, 0.717) is 17.8 Å². The molecule has 0 bridgehead atoms. The first-order valence-corrected chi connectivity index (χ1v) is 9.55. The molecule has 1 amide bonds. The second kappa shape index (κ2) is 7.63. The quantitative estimate of drug-likeness (QED) is 0.495. The highest BCUT2D eigenvalue weighted by atomic mass is 16.1. The Labute approximate surface area is 172 Å². The minimum absolute atomic E-state index is 0.227. The van der Waals surface area contributed by atoms with Gasteiger partial charge in [-0.2, -0.15) is 10.2 Å². The molecule has 1 N–H and O–H groups in total. The minimum atomic E-state index is -0.227. The van der Waals surface area contributed by atoms with Crippen LogP contribution in [0.4, 0.5) is 0 Å². The van der Waals surface area contributed by atoms with E-state index in [4.69, 9.17) is 0 Å². The standard InChI is InChI=1S/C23H18N6O/c30-23(25-13-17-14-26-28(16-17)19-9-5-2-6-10-19)20-15-27-29-21(11-12-24-22(20)29)18-7-3-1-4-8-18/h1-12,14-16H,13H2,(H,25,30). The molecular weight excluding hydrogens is 376 g/mol. The number of hydrogen-bond acceptors (Lipinski definition) is 4. The van der Waals surface area contributed by atoms with Crippen LogP contribution in [0.15, 0.2) is 91.5 Å². The van der Waals surface area contributed by atoms with Crippen molar-refractivity contribution in [1.82, 2.24) is 29.7 Å². The second-order valence-corrected chi connectivity index (χ2v) is 6.80. The Morgan fingerprint density at radius 2 is 1.67 bits per heavy atom. The summed E-state index contributed by atoms with van der Waals surface area (Å²) in [6.45, 7) is 0.362. The van der Waals surface area contributed by atoms with Gasteiger partial charge < -0.3 is 5.32 Å². The van der Waals surface area contributed by atoms with Crippen molar-refractivity contribution in [3.63, 3.8) is 0 Å². The van der Waals surface area contributed by atoms with Gasteiger partial charge in [0.05, 0.1) is 23.8 Å². The maximum atomic E-state index is 12.8. The number of hydrogen-bond donors (Lipinski definition) is 1. The Morgan fingerprint density at radius 3 is 2.47 bits per heavy atom. The van der Waals surface area contributed by atoms with Crippen LogP contribution in [-0.4, -0.2) is 30.3 Å². The molecule has 0 atom stereocenters. The zero-order valence-corrected chi connectivity index (χ0v) is 16.0. The van der Waals surface area contributed by atoms with Gasteiger partial charge in [-0.1, -0.05) is 48.5 Å². The van der Waals surface area contributed by atoms with Gasteiger partial charge in [0, 0.05) is 30.1 Å².